The van der Waals surface area contributed by atoms with E-state index in [1.165, 1.54) is 0 Å². The molecule has 1 amide bonds. The van der Waals surface area contributed by atoms with Crippen LogP contribution in [0.1, 0.15) is 38.5 Å². The maximum absolute atomic E-state index is 13.2. The Kier molecular flexibility index (Phi) is 5.67. The Labute approximate surface area is 187 Å². The minimum Gasteiger partial charge on any atom is -0.493 e. The molecule has 2 saturated heterocycles. The molecule has 1 saturated carbocycles. The molecular weight excluding hydrogens is 410 g/mol. The first kappa shape index (κ1) is 21.1. The van der Waals surface area contributed by atoms with Crippen LogP contribution >= 0.6 is 0 Å². The molecule has 172 valence electrons. The van der Waals surface area contributed by atoms with Crippen LogP contribution in [0.15, 0.2) is 12.1 Å². The second kappa shape index (κ2) is 8.61. The van der Waals surface area contributed by atoms with Crippen LogP contribution in [0.2, 0.25) is 0 Å². The zero-order valence-electron chi connectivity index (χ0n) is 18.7. The zero-order valence-corrected chi connectivity index (χ0v) is 18.7. The van der Waals surface area contributed by atoms with Gasteiger partial charge in [-0.15, -0.1) is 0 Å². The lowest BCUT2D eigenvalue weighted by molar-refractivity contribution is -0.145. The third kappa shape index (κ3) is 3.58. The molecular formula is C23H31N5O4. The molecule has 0 radical (unpaired) electrons. The van der Waals surface area contributed by atoms with E-state index in [0.717, 1.165) is 49.4 Å². The Morgan fingerprint density at radius 2 is 1.78 bits per heavy atom. The average Bonchev–Trinajstić information content (AvgIpc) is 3.37. The molecule has 0 spiro atoms. The van der Waals surface area contributed by atoms with Gasteiger partial charge in [0.15, 0.2) is 11.5 Å². The second-order valence-electron chi connectivity index (χ2n) is 8.78. The van der Waals surface area contributed by atoms with E-state index in [9.17, 15) is 4.79 Å². The van der Waals surface area contributed by atoms with E-state index in [1.807, 2.05) is 12.1 Å². The Bertz CT molecular complexity index is 1010. The van der Waals surface area contributed by atoms with Gasteiger partial charge in [-0.1, -0.05) is 12.8 Å². The number of nitrogens with zero attached hydrogens (tertiary/aromatic N) is 4. The van der Waals surface area contributed by atoms with E-state index < -0.39 is 0 Å². The summed E-state index contributed by atoms with van der Waals surface area (Å²) in [6.45, 7) is 2.01. The fourth-order valence-corrected chi connectivity index (χ4v) is 5.44. The summed E-state index contributed by atoms with van der Waals surface area (Å²) < 4.78 is 16.5. The number of nitrogens with two attached hydrogens (primary N) is 1. The summed E-state index contributed by atoms with van der Waals surface area (Å²) in [5.74, 6) is 2.37. The highest BCUT2D eigenvalue weighted by Crippen LogP contribution is 2.37. The van der Waals surface area contributed by atoms with Crippen LogP contribution in [0.25, 0.3) is 10.9 Å². The molecule has 1 aromatic carbocycles. The minimum atomic E-state index is -0.279. The predicted octanol–water partition coefficient (Wildman–Crippen LogP) is 2.37. The number of benzene rings is 1. The Balaban J connectivity index is 1.47. The molecule has 9 nitrogen and oxygen atoms in total. The SMILES string of the molecule is COc1cc2nc(N3CCN(C(=O)C4CCCO4)C4CCCCC43)nc(N)c2cc1OC. The van der Waals surface area contributed by atoms with Gasteiger partial charge < -0.3 is 29.7 Å². The summed E-state index contributed by atoms with van der Waals surface area (Å²) in [5, 5.41) is 0.735. The van der Waals surface area contributed by atoms with Crippen LogP contribution in [0, 0.1) is 0 Å². The van der Waals surface area contributed by atoms with Crippen LogP contribution in [-0.2, 0) is 9.53 Å². The number of hydrogen-bond acceptors (Lipinski definition) is 8. The molecule has 5 rings (SSSR count). The zero-order chi connectivity index (χ0) is 22.2. The number of aromatic nitrogens is 2. The molecule has 2 N–H and O–H groups in total. The molecule has 3 unspecified atom stereocenters. The fourth-order valence-electron chi connectivity index (χ4n) is 5.44. The Morgan fingerprint density at radius 1 is 1.03 bits per heavy atom. The number of methoxy groups -OCH3 is 2. The number of piperazine rings is 1. The highest BCUT2D eigenvalue weighted by Gasteiger charge is 2.43. The quantitative estimate of drug-likeness (QED) is 0.771. The van der Waals surface area contributed by atoms with Crippen LogP contribution in [-0.4, -0.2) is 72.9 Å². The lowest BCUT2D eigenvalue weighted by atomic mass is 9.86. The molecule has 1 aliphatic carbocycles. The van der Waals surface area contributed by atoms with Crippen molar-refractivity contribution < 1.29 is 19.0 Å². The maximum atomic E-state index is 13.2. The molecule has 3 atom stereocenters. The molecule has 3 fully saturated rings. The van der Waals surface area contributed by atoms with Gasteiger partial charge in [0, 0.05) is 31.1 Å². The van der Waals surface area contributed by atoms with Gasteiger partial charge >= 0.3 is 0 Å². The number of nitrogen functional groups attached to an aromatic ring is 1. The average molecular weight is 442 g/mol. The third-order valence-corrected chi connectivity index (χ3v) is 7.04. The van der Waals surface area contributed by atoms with Crippen molar-refractivity contribution in [3.8, 4) is 11.5 Å². The summed E-state index contributed by atoms with van der Waals surface area (Å²) >= 11 is 0. The van der Waals surface area contributed by atoms with Crippen molar-refractivity contribution in [3.05, 3.63) is 12.1 Å². The van der Waals surface area contributed by atoms with Crippen molar-refractivity contribution in [2.45, 2.75) is 56.7 Å². The van der Waals surface area contributed by atoms with Gasteiger partial charge in [0.25, 0.3) is 5.91 Å². The Morgan fingerprint density at radius 3 is 2.50 bits per heavy atom. The van der Waals surface area contributed by atoms with Gasteiger partial charge in [0.1, 0.15) is 11.9 Å². The van der Waals surface area contributed by atoms with Crippen LogP contribution in [0.3, 0.4) is 0 Å². The van der Waals surface area contributed by atoms with Crippen LogP contribution in [0.4, 0.5) is 11.8 Å². The highest BCUT2D eigenvalue weighted by molar-refractivity contribution is 5.92. The van der Waals surface area contributed by atoms with E-state index in [1.54, 1.807) is 14.2 Å². The van der Waals surface area contributed by atoms with E-state index in [4.69, 9.17) is 24.9 Å². The first-order valence-corrected chi connectivity index (χ1v) is 11.5. The molecule has 0 bridgehead atoms. The van der Waals surface area contributed by atoms with E-state index in [-0.39, 0.29) is 24.1 Å². The predicted molar refractivity (Wildman–Crippen MR) is 121 cm³/mol. The van der Waals surface area contributed by atoms with Gasteiger partial charge in [-0.05, 0) is 31.7 Å². The number of fused-ring (bicyclic) bond motifs is 2. The van der Waals surface area contributed by atoms with Crippen LogP contribution in [0.5, 0.6) is 11.5 Å². The number of ether oxygens (including phenoxy) is 3. The lowest BCUT2D eigenvalue weighted by Crippen LogP contribution is -2.63. The summed E-state index contributed by atoms with van der Waals surface area (Å²) in [6, 6.07) is 3.99. The number of carbonyl (C=O) groups is 1. The van der Waals surface area contributed by atoms with Crippen LogP contribution < -0.4 is 20.1 Å². The van der Waals surface area contributed by atoms with Crippen molar-refractivity contribution in [3.63, 3.8) is 0 Å². The number of rotatable bonds is 4. The van der Waals surface area contributed by atoms with Crippen molar-refractivity contribution in [2.24, 2.45) is 0 Å². The molecule has 32 heavy (non-hydrogen) atoms. The van der Waals surface area contributed by atoms with Crippen molar-refractivity contribution in [2.75, 3.05) is 44.5 Å². The molecule has 2 aromatic rings. The van der Waals surface area contributed by atoms with Crippen molar-refractivity contribution in [1.82, 2.24) is 14.9 Å². The monoisotopic (exact) mass is 441 g/mol. The van der Waals surface area contributed by atoms with Gasteiger partial charge in [0.05, 0.1) is 31.8 Å². The van der Waals surface area contributed by atoms with Gasteiger partial charge in [0.2, 0.25) is 5.95 Å². The third-order valence-electron chi connectivity index (χ3n) is 7.04. The molecule has 1 aromatic heterocycles. The summed E-state index contributed by atoms with van der Waals surface area (Å²) in [7, 11) is 3.20. The fraction of sp³-hybridized carbons (Fsp3) is 0.609. The van der Waals surface area contributed by atoms with Crippen molar-refractivity contribution in [1.29, 1.82) is 0 Å². The molecule has 2 aliphatic heterocycles. The number of hydrogen-bond donors (Lipinski definition) is 1. The minimum absolute atomic E-state index is 0.148. The first-order chi connectivity index (χ1) is 15.6. The van der Waals surface area contributed by atoms with E-state index in [0.29, 0.717) is 43.0 Å². The van der Waals surface area contributed by atoms with E-state index >= 15 is 0 Å². The topological polar surface area (TPSA) is 103 Å². The van der Waals surface area contributed by atoms with E-state index in [2.05, 4.69) is 14.8 Å². The normalized spacial score (nSPS) is 25.6. The summed E-state index contributed by atoms with van der Waals surface area (Å²) in [6.07, 6.45) is 5.77. The highest BCUT2D eigenvalue weighted by atomic mass is 16.5. The summed E-state index contributed by atoms with van der Waals surface area (Å²) in [5.41, 5.74) is 7.07. The smallest absolute Gasteiger partial charge is 0.252 e. The Hall–Kier alpha value is -2.81. The largest absolute Gasteiger partial charge is 0.493 e. The number of carbonyl (C=O) groups excluding carboxylic acids is 1. The maximum Gasteiger partial charge on any atom is 0.252 e. The second-order valence-corrected chi connectivity index (χ2v) is 8.78. The van der Waals surface area contributed by atoms with Gasteiger partial charge in [-0.2, -0.15) is 4.98 Å². The molecule has 9 heteroatoms. The summed E-state index contributed by atoms with van der Waals surface area (Å²) in [4.78, 5) is 27.0. The van der Waals surface area contributed by atoms with Gasteiger partial charge in [-0.3, -0.25) is 4.79 Å². The lowest BCUT2D eigenvalue weighted by Gasteiger charge is -2.50. The number of anilines is 2. The first-order valence-electron chi connectivity index (χ1n) is 11.5. The van der Waals surface area contributed by atoms with Crippen molar-refractivity contribution >= 4 is 28.6 Å². The number of amides is 1. The molecule has 3 aliphatic rings. The van der Waals surface area contributed by atoms with Gasteiger partial charge in [-0.25, -0.2) is 4.98 Å². The molecule has 3 heterocycles. The standard InChI is InChI=1S/C23H31N5O4/c1-30-19-12-14-15(13-20(19)31-2)25-23(26-21(14)24)28-10-9-27(16-6-3-4-7-17(16)28)22(29)18-8-5-11-32-18/h12-13,16-18H,3-11H2,1-2H3,(H2,24,25,26).